The van der Waals surface area contributed by atoms with Crippen LogP contribution >= 0.6 is 0 Å². The van der Waals surface area contributed by atoms with Crippen LogP contribution in [-0.2, 0) is 28.5 Å². The van der Waals surface area contributed by atoms with E-state index in [1.165, 1.54) is 6.08 Å². The smallest absolute Gasteiger partial charge is 0.235 e. The maximum atomic E-state index is 10.3. The van der Waals surface area contributed by atoms with Gasteiger partial charge in [-0.2, -0.15) is 0 Å². The fraction of sp³-hybridized carbons (Fsp3) is 0.917. The first-order valence-corrected chi connectivity index (χ1v) is 5.99. The van der Waals surface area contributed by atoms with Gasteiger partial charge in [0, 0.05) is 28.4 Å². The van der Waals surface area contributed by atoms with Gasteiger partial charge in [0.15, 0.2) is 0 Å². The second kappa shape index (κ2) is 8.37. The van der Waals surface area contributed by atoms with E-state index in [-0.39, 0.29) is 31.0 Å². The first-order chi connectivity index (χ1) is 9.23. The molecule has 0 saturated carbocycles. The van der Waals surface area contributed by atoms with Crippen molar-refractivity contribution in [2.24, 2.45) is 4.99 Å². The van der Waals surface area contributed by atoms with Gasteiger partial charge in [0.1, 0.15) is 30.5 Å². The average Bonchev–Trinajstić information content (AvgIpc) is 2.44. The summed E-state index contributed by atoms with van der Waals surface area (Å²) in [6.45, 7) is 0.522. The van der Waals surface area contributed by atoms with E-state index in [9.17, 15) is 4.79 Å². The van der Waals surface area contributed by atoms with Crippen LogP contribution in [0, 0.1) is 0 Å². The molecular weight excluding hydrogens is 254 g/mol. The zero-order valence-corrected chi connectivity index (χ0v) is 11.7. The summed E-state index contributed by atoms with van der Waals surface area (Å²) in [5, 5.41) is 0. The third-order valence-corrected chi connectivity index (χ3v) is 3.21. The minimum atomic E-state index is -0.400. The highest BCUT2D eigenvalue weighted by Gasteiger charge is 2.46. The molecular formula is C12H21NO6. The van der Waals surface area contributed by atoms with Crippen molar-refractivity contribution in [3.05, 3.63) is 0 Å². The SMILES string of the molecule is COCC1OC(CN=C=O)C(OC)C(OC)C1OC. The van der Waals surface area contributed by atoms with E-state index in [0.717, 1.165) is 0 Å². The van der Waals surface area contributed by atoms with Crippen molar-refractivity contribution in [2.75, 3.05) is 41.6 Å². The van der Waals surface area contributed by atoms with E-state index < -0.39 is 6.10 Å². The Bertz CT molecular complexity index is 307. The number of isocyanates is 1. The van der Waals surface area contributed by atoms with Gasteiger partial charge in [-0.15, -0.1) is 0 Å². The molecule has 0 spiro atoms. The highest BCUT2D eigenvalue weighted by atomic mass is 16.6. The molecule has 1 aliphatic rings. The minimum Gasteiger partial charge on any atom is -0.382 e. The van der Waals surface area contributed by atoms with Gasteiger partial charge in [0.05, 0.1) is 13.2 Å². The molecule has 7 heteroatoms. The lowest BCUT2D eigenvalue weighted by Crippen LogP contribution is -2.61. The lowest BCUT2D eigenvalue weighted by molar-refractivity contribution is -0.246. The normalized spacial score (nSPS) is 34.8. The number of hydrogen-bond donors (Lipinski definition) is 0. The monoisotopic (exact) mass is 275 g/mol. The topological polar surface area (TPSA) is 75.6 Å². The van der Waals surface area contributed by atoms with Crippen molar-refractivity contribution in [1.29, 1.82) is 0 Å². The van der Waals surface area contributed by atoms with Gasteiger partial charge in [-0.25, -0.2) is 9.79 Å². The standard InChI is InChI=1S/C12H21NO6/c1-15-6-9-11(17-3)12(18-4)10(16-2)8(19-9)5-13-7-14/h8-12H,5-6H2,1-4H3. The second-order valence-electron chi connectivity index (χ2n) is 4.20. The van der Waals surface area contributed by atoms with Gasteiger partial charge in [-0.05, 0) is 0 Å². The molecule has 0 amide bonds. The zero-order valence-electron chi connectivity index (χ0n) is 11.7. The van der Waals surface area contributed by atoms with Gasteiger partial charge >= 0.3 is 0 Å². The predicted molar refractivity (Wildman–Crippen MR) is 65.9 cm³/mol. The molecule has 1 heterocycles. The number of methoxy groups -OCH3 is 4. The van der Waals surface area contributed by atoms with Crippen LogP contribution in [0.15, 0.2) is 4.99 Å². The molecule has 5 unspecified atom stereocenters. The predicted octanol–water partition coefficient (Wildman–Crippen LogP) is -0.219. The largest absolute Gasteiger partial charge is 0.382 e. The van der Waals surface area contributed by atoms with Crippen LogP contribution in [0.25, 0.3) is 0 Å². The van der Waals surface area contributed by atoms with Crippen molar-refractivity contribution in [3.63, 3.8) is 0 Å². The van der Waals surface area contributed by atoms with Gasteiger partial charge < -0.3 is 23.7 Å². The van der Waals surface area contributed by atoms with Crippen molar-refractivity contribution in [2.45, 2.75) is 30.5 Å². The van der Waals surface area contributed by atoms with Gasteiger partial charge in [-0.3, -0.25) is 0 Å². The van der Waals surface area contributed by atoms with Crippen molar-refractivity contribution >= 4 is 6.08 Å². The molecule has 0 aromatic carbocycles. The van der Waals surface area contributed by atoms with E-state index in [1.54, 1.807) is 28.4 Å². The van der Waals surface area contributed by atoms with Crippen LogP contribution < -0.4 is 0 Å². The molecule has 5 atom stereocenters. The fourth-order valence-corrected chi connectivity index (χ4v) is 2.40. The molecule has 1 rings (SSSR count). The van der Waals surface area contributed by atoms with Crippen molar-refractivity contribution in [1.82, 2.24) is 0 Å². The summed E-state index contributed by atoms with van der Waals surface area (Å²) in [7, 11) is 6.30. The second-order valence-corrected chi connectivity index (χ2v) is 4.20. The summed E-state index contributed by atoms with van der Waals surface area (Å²) in [6, 6.07) is 0. The Balaban J connectivity index is 2.90. The van der Waals surface area contributed by atoms with Crippen LogP contribution in [0.1, 0.15) is 0 Å². The molecule has 0 radical (unpaired) electrons. The molecule has 1 saturated heterocycles. The highest BCUT2D eigenvalue weighted by molar-refractivity contribution is 5.33. The third kappa shape index (κ3) is 3.82. The highest BCUT2D eigenvalue weighted by Crippen LogP contribution is 2.27. The molecule has 0 bridgehead atoms. The van der Waals surface area contributed by atoms with Crippen LogP contribution in [-0.4, -0.2) is 78.2 Å². The zero-order chi connectivity index (χ0) is 14.3. The maximum Gasteiger partial charge on any atom is 0.235 e. The van der Waals surface area contributed by atoms with Crippen LogP contribution in [0.5, 0.6) is 0 Å². The first-order valence-electron chi connectivity index (χ1n) is 5.99. The molecule has 19 heavy (non-hydrogen) atoms. The first kappa shape index (κ1) is 16.2. The molecule has 0 aromatic rings. The Labute approximate surface area is 112 Å². The quantitative estimate of drug-likeness (QED) is 0.472. The molecule has 1 fully saturated rings. The van der Waals surface area contributed by atoms with Crippen LogP contribution in [0.4, 0.5) is 0 Å². The Hall–Kier alpha value is -0.820. The van der Waals surface area contributed by atoms with Gasteiger partial charge in [0.2, 0.25) is 6.08 Å². The number of carbonyl (C=O) groups excluding carboxylic acids is 1. The number of rotatable bonds is 7. The number of ether oxygens (including phenoxy) is 5. The third-order valence-electron chi connectivity index (χ3n) is 3.21. The van der Waals surface area contributed by atoms with Gasteiger partial charge in [-0.1, -0.05) is 0 Å². The van der Waals surface area contributed by atoms with Crippen LogP contribution in [0.3, 0.4) is 0 Å². The summed E-state index contributed by atoms with van der Waals surface area (Å²) in [5.41, 5.74) is 0. The van der Waals surface area contributed by atoms with E-state index >= 15 is 0 Å². The van der Waals surface area contributed by atoms with Crippen molar-refractivity contribution < 1.29 is 28.5 Å². The summed E-state index contributed by atoms with van der Waals surface area (Å²) < 4.78 is 27.2. The van der Waals surface area contributed by atoms with E-state index in [2.05, 4.69) is 4.99 Å². The average molecular weight is 275 g/mol. The van der Waals surface area contributed by atoms with Gasteiger partial charge in [0.25, 0.3) is 0 Å². The Morgan fingerprint density at radius 3 is 2.05 bits per heavy atom. The molecule has 0 N–H and O–H groups in total. The van der Waals surface area contributed by atoms with Crippen molar-refractivity contribution in [3.8, 4) is 0 Å². The summed E-state index contributed by atoms with van der Waals surface area (Å²) in [6.07, 6.45) is -0.218. The summed E-state index contributed by atoms with van der Waals surface area (Å²) in [4.78, 5) is 13.8. The molecule has 0 aliphatic carbocycles. The summed E-state index contributed by atoms with van der Waals surface area (Å²) in [5.74, 6) is 0. The fourth-order valence-electron chi connectivity index (χ4n) is 2.40. The molecule has 1 aliphatic heterocycles. The molecule has 7 nitrogen and oxygen atoms in total. The van der Waals surface area contributed by atoms with Crippen LogP contribution in [0.2, 0.25) is 0 Å². The maximum absolute atomic E-state index is 10.3. The molecule has 110 valence electrons. The Morgan fingerprint density at radius 1 is 1.00 bits per heavy atom. The number of nitrogens with zero attached hydrogens (tertiary/aromatic N) is 1. The summed E-state index contributed by atoms with van der Waals surface area (Å²) >= 11 is 0. The number of hydrogen-bond acceptors (Lipinski definition) is 7. The lowest BCUT2D eigenvalue weighted by Gasteiger charge is -2.44. The van der Waals surface area contributed by atoms with E-state index in [4.69, 9.17) is 23.7 Å². The minimum absolute atomic E-state index is 0.165. The van der Waals surface area contributed by atoms with E-state index in [0.29, 0.717) is 6.61 Å². The lowest BCUT2D eigenvalue weighted by atomic mass is 9.94. The van der Waals surface area contributed by atoms with E-state index in [1.807, 2.05) is 0 Å². The molecule has 0 aromatic heterocycles. The number of aliphatic imine (C=N–C) groups is 1. The Morgan fingerprint density at radius 2 is 1.58 bits per heavy atom. The Kier molecular flexibility index (Phi) is 7.15.